The van der Waals surface area contributed by atoms with Crippen molar-refractivity contribution in [3.8, 4) is 0 Å². The van der Waals surface area contributed by atoms with Crippen molar-refractivity contribution in [2.24, 2.45) is 0 Å². The smallest absolute Gasteiger partial charge is 0.0700 e. The number of benzene rings is 2. The van der Waals surface area contributed by atoms with Gasteiger partial charge in [-0.05, 0) is 43.3 Å². The number of hydrogen-bond acceptors (Lipinski definition) is 6. The van der Waals surface area contributed by atoms with E-state index in [2.05, 4.69) is 75.1 Å². The number of hydrogen-bond donors (Lipinski definition) is 0. The summed E-state index contributed by atoms with van der Waals surface area (Å²) in [6.07, 6.45) is 0. The van der Waals surface area contributed by atoms with E-state index < -0.39 is 0 Å². The lowest BCUT2D eigenvalue weighted by Crippen LogP contribution is -2.47. The van der Waals surface area contributed by atoms with Gasteiger partial charge in [0, 0.05) is 83.1 Å². The maximum absolute atomic E-state index is 5.61. The summed E-state index contributed by atoms with van der Waals surface area (Å²) < 4.78 is 10.6. The molecule has 2 aliphatic heterocycles. The Balaban J connectivity index is 1.21. The molecule has 4 rings (SSSR count). The highest BCUT2D eigenvalue weighted by molar-refractivity contribution is 5.58. The van der Waals surface area contributed by atoms with Crippen molar-refractivity contribution >= 4 is 17.1 Å². The Bertz CT molecular complexity index is 796. The van der Waals surface area contributed by atoms with Gasteiger partial charge < -0.3 is 24.2 Å². The third-order valence-electron chi connectivity index (χ3n) is 6.61. The van der Waals surface area contributed by atoms with Gasteiger partial charge in [-0.1, -0.05) is 17.7 Å². The molecule has 2 fully saturated rings. The second-order valence-corrected chi connectivity index (χ2v) is 8.76. The third-order valence-corrected chi connectivity index (χ3v) is 6.61. The highest BCUT2D eigenvalue weighted by Gasteiger charge is 2.19. The van der Waals surface area contributed by atoms with Gasteiger partial charge in [0.05, 0.1) is 19.8 Å². The van der Waals surface area contributed by atoms with Crippen LogP contribution in [0.2, 0.25) is 0 Å². The van der Waals surface area contributed by atoms with Crippen molar-refractivity contribution in [1.82, 2.24) is 4.90 Å². The van der Waals surface area contributed by atoms with Gasteiger partial charge in [-0.15, -0.1) is 0 Å². The summed E-state index contributed by atoms with van der Waals surface area (Å²) in [6, 6.07) is 18.1. The van der Waals surface area contributed by atoms with E-state index in [1.807, 2.05) is 0 Å². The van der Waals surface area contributed by atoms with Gasteiger partial charge in [-0.2, -0.15) is 0 Å². The highest BCUT2D eigenvalue weighted by Crippen LogP contribution is 2.24. The topological polar surface area (TPSA) is 31.4 Å². The van der Waals surface area contributed by atoms with Gasteiger partial charge >= 0.3 is 0 Å². The summed E-state index contributed by atoms with van der Waals surface area (Å²) in [5, 5.41) is 0. The van der Waals surface area contributed by atoms with Gasteiger partial charge in [-0.3, -0.25) is 4.90 Å². The number of nitrogens with zero attached hydrogens (tertiary/aromatic N) is 4. The number of ether oxygens (including phenoxy) is 2. The lowest BCUT2D eigenvalue weighted by molar-refractivity contribution is 0.0563. The van der Waals surface area contributed by atoms with Crippen LogP contribution in [0, 0.1) is 6.92 Å². The Morgan fingerprint density at radius 1 is 0.594 bits per heavy atom. The Morgan fingerprint density at radius 2 is 1.03 bits per heavy atom. The molecular formula is C26H38N4O2. The number of piperazine rings is 2. The molecule has 0 aliphatic carbocycles. The maximum atomic E-state index is 5.61. The van der Waals surface area contributed by atoms with Crippen molar-refractivity contribution in [3.63, 3.8) is 0 Å². The molecule has 6 heteroatoms. The lowest BCUT2D eigenvalue weighted by atomic mass is 10.1. The molecule has 0 spiro atoms. The van der Waals surface area contributed by atoms with Gasteiger partial charge in [-0.25, -0.2) is 0 Å². The van der Waals surface area contributed by atoms with Crippen molar-refractivity contribution in [2.45, 2.75) is 6.92 Å². The molecule has 0 atom stereocenters. The van der Waals surface area contributed by atoms with Gasteiger partial charge in [0.15, 0.2) is 0 Å². The molecule has 0 saturated carbocycles. The molecule has 0 radical (unpaired) electrons. The summed E-state index contributed by atoms with van der Waals surface area (Å²) in [7, 11) is 1.71. The van der Waals surface area contributed by atoms with Crippen molar-refractivity contribution in [1.29, 1.82) is 0 Å². The van der Waals surface area contributed by atoms with Gasteiger partial charge in [0.1, 0.15) is 0 Å². The van der Waals surface area contributed by atoms with Crippen LogP contribution in [0.15, 0.2) is 48.5 Å². The fourth-order valence-corrected chi connectivity index (χ4v) is 4.52. The largest absolute Gasteiger partial charge is 0.382 e. The van der Waals surface area contributed by atoms with Crippen LogP contribution in [-0.2, 0) is 9.47 Å². The van der Waals surface area contributed by atoms with E-state index in [0.29, 0.717) is 13.2 Å². The SMILES string of the molecule is COCCOCCN1CCN(c2ccc(N3CCN(c4ccc(C)cc4)CC3)cc2)CC1. The van der Waals surface area contributed by atoms with Crippen LogP contribution >= 0.6 is 0 Å². The van der Waals surface area contributed by atoms with Crippen LogP contribution < -0.4 is 14.7 Å². The molecule has 0 N–H and O–H groups in total. The maximum Gasteiger partial charge on any atom is 0.0700 e. The average molecular weight is 439 g/mol. The molecule has 2 heterocycles. The van der Waals surface area contributed by atoms with E-state index in [4.69, 9.17) is 9.47 Å². The molecular weight excluding hydrogens is 400 g/mol. The first-order chi connectivity index (χ1) is 15.7. The molecule has 32 heavy (non-hydrogen) atoms. The predicted octanol–water partition coefficient (Wildman–Crippen LogP) is 3.11. The summed E-state index contributed by atoms with van der Waals surface area (Å²) in [6.45, 7) is 13.9. The summed E-state index contributed by atoms with van der Waals surface area (Å²) in [4.78, 5) is 10.00. The predicted molar refractivity (Wildman–Crippen MR) is 133 cm³/mol. The quantitative estimate of drug-likeness (QED) is 0.560. The van der Waals surface area contributed by atoms with Crippen LogP contribution in [0.25, 0.3) is 0 Å². The van der Waals surface area contributed by atoms with Crippen molar-refractivity contribution in [3.05, 3.63) is 54.1 Å². The third kappa shape index (κ3) is 6.15. The molecule has 2 saturated heterocycles. The lowest BCUT2D eigenvalue weighted by Gasteiger charge is -2.38. The molecule has 0 bridgehead atoms. The first-order valence-corrected chi connectivity index (χ1v) is 11.9. The standard InChI is InChI=1S/C26H38N4O2/c1-23-3-5-24(6-4-23)29-15-17-30(18-16-29)26-9-7-25(8-10-26)28-13-11-27(12-14-28)19-20-32-22-21-31-2/h3-10H,11-22H2,1-2H3. The van der Waals surface area contributed by atoms with E-state index in [-0.39, 0.29) is 0 Å². The minimum absolute atomic E-state index is 0.673. The first kappa shape index (κ1) is 22.9. The zero-order valence-electron chi connectivity index (χ0n) is 19.7. The Kier molecular flexibility index (Phi) is 8.26. The second-order valence-electron chi connectivity index (χ2n) is 8.76. The minimum atomic E-state index is 0.673. The van der Waals surface area contributed by atoms with E-state index in [9.17, 15) is 0 Å². The Morgan fingerprint density at radius 3 is 1.50 bits per heavy atom. The highest BCUT2D eigenvalue weighted by atomic mass is 16.5. The molecule has 0 aromatic heterocycles. The van der Waals surface area contributed by atoms with Crippen LogP contribution in [0.1, 0.15) is 5.56 Å². The minimum Gasteiger partial charge on any atom is -0.382 e. The normalized spacial score (nSPS) is 17.8. The molecule has 2 aromatic rings. The van der Waals surface area contributed by atoms with E-state index in [1.165, 1.54) is 22.6 Å². The zero-order valence-corrected chi connectivity index (χ0v) is 19.7. The summed E-state index contributed by atoms with van der Waals surface area (Å²) in [5.41, 5.74) is 5.33. The monoisotopic (exact) mass is 438 g/mol. The van der Waals surface area contributed by atoms with E-state index in [0.717, 1.165) is 65.5 Å². The molecule has 2 aromatic carbocycles. The summed E-state index contributed by atoms with van der Waals surface area (Å²) in [5.74, 6) is 0. The Labute approximate surface area is 193 Å². The summed E-state index contributed by atoms with van der Waals surface area (Å²) >= 11 is 0. The zero-order chi connectivity index (χ0) is 22.2. The molecule has 2 aliphatic rings. The number of aryl methyl sites for hydroxylation is 1. The van der Waals surface area contributed by atoms with E-state index in [1.54, 1.807) is 7.11 Å². The van der Waals surface area contributed by atoms with Crippen molar-refractivity contribution in [2.75, 3.05) is 101 Å². The van der Waals surface area contributed by atoms with Crippen LogP contribution in [0.4, 0.5) is 17.1 Å². The number of anilines is 3. The number of methoxy groups -OCH3 is 1. The van der Waals surface area contributed by atoms with Crippen molar-refractivity contribution < 1.29 is 9.47 Å². The van der Waals surface area contributed by atoms with Crippen LogP contribution in [0.5, 0.6) is 0 Å². The molecule has 6 nitrogen and oxygen atoms in total. The fourth-order valence-electron chi connectivity index (χ4n) is 4.52. The molecule has 0 amide bonds. The number of rotatable bonds is 9. The van der Waals surface area contributed by atoms with Gasteiger partial charge in [0.2, 0.25) is 0 Å². The average Bonchev–Trinajstić information content (AvgIpc) is 2.85. The van der Waals surface area contributed by atoms with Gasteiger partial charge in [0.25, 0.3) is 0 Å². The molecule has 174 valence electrons. The van der Waals surface area contributed by atoms with Crippen LogP contribution in [0.3, 0.4) is 0 Å². The van der Waals surface area contributed by atoms with Crippen LogP contribution in [-0.4, -0.2) is 90.7 Å². The second kappa shape index (κ2) is 11.5. The Hall–Kier alpha value is -2.28. The fraction of sp³-hybridized carbons (Fsp3) is 0.538. The molecule has 0 unspecified atom stereocenters. The first-order valence-electron chi connectivity index (χ1n) is 11.9. The van der Waals surface area contributed by atoms with E-state index >= 15 is 0 Å².